The third kappa shape index (κ3) is 3.91. The SMILES string of the molecule is CC(C)c1ccc(CN2CCC[C@@]3(CCN(S(=O)(=O)N(C)C)C3)C2=O)cc1. The van der Waals surface area contributed by atoms with Crippen molar-refractivity contribution in [2.75, 3.05) is 33.7 Å². The average Bonchev–Trinajstić information content (AvgIpc) is 3.05. The Balaban J connectivity index is 1.73. The van der Waals surface area contributed by atoms with E-state index >= 15 is 0 Å². The van der Waals surface area contributed by atoms with Crippen LogP contribution in [0.3, 0.4) is 0 Å². The predicted octanol–water partition coefficient (Wildman–Crippen LogP) is 2.43. The summed E-state index contributed by atoms with van der Waals surface area (Å²) in [4.78, 5) is 15.2. The molecule has 1 amide bonds. The van der Waals surface area contributed by atoms with Crippen LogP contribution in [0.15, 0.2) is 24.3 Å². The number of rotatable bonds is 5. The average molecular weight is 394 g/mol. The Labute approximate surface area is 163 Å². The Morgan fingerprint density at radius 2 is 1.78 bits per heavy atom. The minimum atomic E-state index is -3.47. The van der Waals surface area contributed by atoms with Crippen LogP contribution >= 0.6 is 0 Å². The van der Waals surface area contributed by atoms with Gasteiger partial charge in [0.15, 0.2) is 0 Å². The first-order chi connectivity index (χ1) is 12.7. The molecule has 2 heterocycles. The van der Waals surface area contributed by atoms with Gasteiger partial charge in [-0.25, -0.2) is 0 Å². The van der Waals surface area contributed by atoms with E-state index in [9.17, 15) is 13.2 Å². The van der Waals surface area contributed by atoms with Gasteiger partial charge < -0.3 is 4.90 Å². The standard InChI is InChI=1S/C20H31N3O3S/c1-16(2)18-8-6-17(7-9-18)14-22-12-5-10-20(19(22)24)11-13-23(15-20)27(25,26)21(3)4/h6-9,16H,5,10-15H2,1-4H3/t20-/m0/s1. The van der Waals surface area contributed by atoms with Crippen LogP contribution in [0.1, 0.15) is 50.2 Å². The van der Waals surface area contributed by atoms with Gasteiger partial charge in [0.2, 0.25) is 5.91 Å². The molecule has 2 aliphatic heterocycles. The largest absolute Gasteiger partial charge is 0.338 e. The summed E-state index contributed by atoms with van der Waals surface area (Å²) in [6, 6.07) is 8.46. The van der Waals surface area contributed by atoms with Gasteiger partial charge in [-0.3, -0.25) is 4.79 Å². The van der Waals surface area contributed by atoms with E-state index in [0.717, 1.165) is 24.9 Å². The predicted molar refractivity (Wildman–Crippen MR) is 106 cm³/mol. The maximum atomic E-state index is 13.3. The lowest BCUT2D eigenvalue weighted by Gasteiger charge is -2.39. The number of hydrogen-bond acceptors (Lipinski definition) is 3. The molecule has 2 fully saturated rings. The zero-order chi connectivity index (χ0) is 19.8. The molecule has 0 radical (unpaired) electrons. The van der Waals surface area contributed by atoms with Crippen LogP contribution in [0, 0.1) is 5.41 Å². The fourth-order valence-corrected chi connectivity index (χ4v) is 5.37. The first kappa shape index (κ1) is 20.3. The van der Waals surface area contributed by atoms with Gasteiger partial charge in [-0.15, -0.1) is 0 Å². The second-order valence-electron chi connectivity index (χ2n) is 8.38. The number of benzene rings is 1. The summed E-state index contributed by atoms with van der Waals surface area (Å²) in [6.45, 7) is 6.39. The monoisotopic (exact) mass is 393 g/mol. The van der Waals surface area contributed by atoms with Crippen molar-refractivity contribution < 1.29 is 13.2 Å². The number of piperidine rings is 1. The van der Waals surface area contributed by atoms with Gasteiger partial charge >= 0.3 is 0 Å². The highest BCUT2D eigenvalue weighted by Crippen LogP contribution is 2.41. The minimum Gasteiger partial charge on any atom is -0.338 e. The van der Waals surface area contributed by atoms with Crippen molar-refractivity contribution in [3.63, 3.8) is 0 Å². The first-order valence-corrected chi connectivity index (χ1v) is 11.1. The Morgan fingerprint density at radius 3 is 2.37 bits per heavy atom. The van der Waals surface area contributed by atoms with Crippen molar-refractivity contribution in [1.82, 2.24) is 13.5 Å². The number of carbonyl (C=O) groups excluding carboxylic acids is 1. The molecule has 0 saturated carbocycles. The zero-order valence-corrected chi connectivity index (χ0v) is 17.6. The molecule has 6 nitrogen and oxygen atoms in total. The molecule has 27 heavy (non-hydrogen) atoms. The molecule has 150 valence electrons. The van der Waals surface area contributed by atoms with Crippen LogP contribution in [0.5, 0.6) is 0 Å². The van der Waals surface area contributed by atoms with Crippen molar-refractivity contribution in [3.05, 3.63) is 35.4 Å². The lowest BCUT2D eigenvalue weighted by Crippen LogP contribution is -2.50. The molecule has 2 aliphatic rings. The lowest BCUT2D eigenvalue weighted by molar-refractivity contribution is -0.146. The van der Waals surface area contributed by atoms with E-state index in [2.05, 4.69) is 38.1 Å². The highest BCUT2D eigenvalue weighted by molar-refractivity contribution is 7.86. The van der Waals surface area contributed by atoms with Gasteiger partial charge in [-0.2, -0.15) is 17.0 Å². The fourth-order valence-electron chi connectivity index (χ4n) is 4.17. The Hall–Kier alpha value is -1.44. The maximum absolute atomic E-state index is 13.3. The van der Waals surface area contributed by atoms with Crippen LogP contribution in [-0.4, -0.2) is 61.6 Å². The summed E-state index contributed by atoms with van der Waals surface area (Å²) < 4.78 is 27.6. The summed E-state index contributed by atoms with van der Waals surface area (Å²) in [5, 5.41) is 0. The number of amides is 1. The van der Waals surface area contributed by atoms with Crippen LogP contribution in [-0.2, 0) is 21.5 Å². The molecule has 2 saturated heterocycles. The highest BCUT2D eigenvalue weighted by atomic mass is 32.2. The molecule has 0 unspecified atom stereocenters. The number of hydrogen-bond donors (Lipinski definition) is 0. The van der Waals surface area contributed by atoms with Crippen molar-refractivity contribution in [2.24, 2.45) is 5.41 Å². The van der Waals surface area contributed by atoms with Crippen molar-refractivity contribution in [2.45, 2.75) is 45.6 Å². The van der Waals surface area contributed by atoms with E-state index in [1.54, 1.807) is 0 Å². The van der Waals surface area contributed by atoms with Gasteiger partial charge in [0.25, 0.3) is 10.2 Å². The smallest absolute Gasteiger partial charge is 0.281 e. The van der Waals surface area contributed by atoms with Gasteiger partial charge in [0.05, 0.1) is 5.41 Å². The number of likely N-dealkylation sites (tertiary alicyclic amines) is 1. The van der Waals surface area contributed by atoms with E-state index in [1.165, 1.54) is 28.3 Å². The second-order valence-corrected chi connectivity index (χ2v) is 10.5. The summed E-state index contributed by atoms with van der Waals surface area (Å²) in [5.41, 5.74) is 1.86. The van der Waals surface area contributed by atoms with E-state index in [4.69, 9.17) is 0 Å². The van der Waals surface area contributed by atoms with Gasteiger partial charge in [-0.1, -0.05) is 38.1 Å². The molecule has 1 aromatic rings. The molecular formula is C20H31N3O3S. The normalized spacial score (nSPS) is 24.5. The summed E-state index contributed by atoms with van der Waals surface area (Å²) in [6.07, 6.45) is 2.31. The lowest BCUT2D eigenvalue weighted by atomic mass is 9.78. The van der Waals surface area contributed by atoms with E-state index < -0.39 is 15.6 Å². The van der Waals surface area contributed by atoms with Crippen LogP contribution in [0.25, 0.3) is 0 Å². The molecule has 1 atom stereocenters. The van der Waals surface area contributed by atoms with Crippen LogP contribution in [0.2, 0.25) is 0 Å². The first-order valence-electron chi connectivity index (χ1n) is 9.71. The van der Waals surface area contributed by atoms with Gasteiger partial charge in [0.1, 0.15) is 0 Å². The molecular weight excluding hydrogens is 362 g/mol. The van der Waals surface area contributed by atoms with E-state index in [1.807, 2.05) is 4.90 Å². The van der Waals surface area contributed by atoms with E-state index in [0.29, 0.717) is 32.0 Å². The quantitative estimate of drug-likeness (QED) is 0.772. The van der Waals surface area contributed by atoms with Crippen molar-refractivity contribution in [3.8, 4) is 0 Å². The molecule has 0 bridgehead atoms. The molecule has 7 heteroatoms. The second kappa shape index (κ2) is 7.53. The third-order valence-corrected chi connectivity index (χ3v) is 7.84. The summed E-state index contributed by atoms with van der Waals surface area (Å²) >= 11 is 0. The van der Waals surface area contributed by atoms with Crippen LogP contribution in [0.4, 0.5) is 0 Å². The summed E-state index contributed by atoms with van der Waals surface area (Å²) in [5.74, 6) is 0.597. The Morgan fingerprint density at radius 1 is 1.11 bits per heavy atom. The molecule has 0 aliphatic carbocycles. The topological polar surface area (TPSA) is 60.9 Å². The molecule has 0 N–H and O–H groups in total. The zero-order valence-electron chi connectivity index (χ0n) is 16.8. The Bertz CT molecular complexity index is 789. The molecule has 1 aromatic carbocycles. The molecule has 3 rings (SSSR count). The number of carbonyl (C=O) groups is 1. The molecule has 0 aromatic heterocycles. The van der Waals surface area contributed by atoms with Crippen molar-refractivity contribution >= 4 is 16.1 Å². The van der Waals surface area contributed by atoms with Gasteiger partial charge in [0, 0.05) is 40.3 Å². The minimum absolute atomic E-state index is 0.109. The summed E-state index contributed by atoms with van der Waals surface area (Å²) in [7, 11) is -0.393. The fraction of sp³-hybridized carbons (Fsp3) is 0.650. The van der Waals surface area contributed by atoms with Crippen molar-refractivity contribution in [1.29, 1.82) is 0 Å². The third-order valence-electron chi connectivity index (χ3n) is 5.95. The van der Waals surface area contributed by atoms with E-state index in [-0.39, 0.29) is 5.91 Å². The Kier molecular flexibility index (Phi) is 5.66. The van der Waals surface area contributed by atoms with Crippen LogP contribution < -0.4 is 0 Å². The highest BCUT2D eigenvalue weighted by Gasteiger charge is 2.51. The molecule has 1 spiro atoms. The maximum Gasteiger partial charge on any atom is 0.281 e. The number of nitrogens with zero attached hydrogens (tertiary/aromatic N) is 3. The van der Waals surface area contributed by atoms with Gasteiger partial charge in [-0.05, 0) is 36.3 Å².